The van der Waals surface area contributed by atoms with E-state index in [1.54, 1.807) is 0 Å². The van der Waals surface area contributed by atoms with Gasteiger partial charge in [0.15, 0.2) is 0 Å². The summed E-state index contributed by atoms with van der Waals surface area (Å²) in [7, 11) is 1.21. The third-order valence-electron chi connectivity index (χ3n) is 6.08. The van der Waals surface area contributed by atoms with Crippen molar-refractivity contribution < 1.29 is 32.6 Å². The Labute approximate surface area is 217 Å². The highest BCUT2D eigenvalue weighted by Crippen LogP contribution is 2.32. The maximum Gasteiger partial charge on any atom is 0.416 e. The molecule has 0 bridgehead atoms. The predicted molar refractivity (Wildman–Crippen MR) is 137 cm³/mol. The maximum absolute atomic E-state index is 13.1. The van der Waals surface area contributed by atoms with Crippen LogP contribution in [0.1, 0.15) is 21.5 Å². The van der Waals surface area contributed by atoms with Gasteiger partial charge in [0.1, 0.15) is 11.8 Å². The van der Waals surface area contributed by atoms with E-state index in [1.807, 2.05) is 54.6 Å². The van der Waals surface area contributed by atoms with Gasteiger partial charge in [-0.25, -0.2) is 4.79 Å². The molecule has 2 N–H and O–H groups in total. The van der Waals surface area contributed by atoms with Crippen LogP contribution in [-0.4, -0.2) is 30.1 Å². The van der Waals surface area contributed by atoms with Crippen molar-refractivity contribution in [3.05, 3.63) is 114 Å². The van der Waals surface area contributed by atoms with Gasteiger partial charge in [0.05, 0.1) is 18.2 Å². The molecule has 0 saturated carbocycles. The standard InChI is InChI=1S/C30H24F3NO4/c1-38-29(37)26(17-19-7-9-21(10-8-19)20-5-3-2-4-6-20)34-28(36)25-18-23(13-16-27(25)35)22-11-14-24(15-12-22)30(31,32)33/h2-16,18,26,35H,17H2,1H3,(H,34,36). The second kappa shape index (κ2) is 11.2. The minimum atomic E-state index is -4.47. The number of amides is 1. The molecule has 0 radical (unpaired) electrons. The molecular formula is C30H24F3NO4. The first-order valence-corrected chi connectivity index (χ1v) is 11.7. The van der Waals surface area contributed by atoms with Gasteiger partial charge in [0.2, 0.25) is 0 Å². The van der Waals surface area contributed by atoms with Crippen molar-refractivity contribution in [2.75, 3.05) is 7.11 Å². The van der Waals surface area contributed by atoms with Crippen LogP contribution in [0.4, 0.5) is 13.2 Å². The highest BCUT2D eigenvalue weighted by molar-refractivity contribution is 6.00. The van der Waals surface area contributed by atoms with Gasteiger partial charge in [-0.15, -0.1) is 0 Å². The SMILES string of the molecule is COC(=O)C(Cc1ccc(-c2ccccc2)cc1)NC(=O)c1cc(-c2ccc(C(F)(F)F)cc2)ccc1O. The molecule has 0 heterocycles. The number of halogens is 3. The zero-order valence-corrected chi connectivity index (χ0v) is 20.3. The number of alkyl halides is 3. The maximum atomic E-state index is 13.1. The molecule has 0 spiro atoms. The van der Waals surface area contributed by atoms with Crippen molar-refractivity contribution in [3.63, 3.8) is 0 Å². The van der Waals surface area contributed by atoms with E-state index in [2.05, 4.69) is 5.32 Å². The Balaban J connectivity index is 1.53. The fourth-order valence-corrected chi connectivity index (χ4v) is 4.02. The molecule has 1 amide bonds. The Hall–Kier alpha value is -4.59. The van der Waals surface area contributed by atoms with Crippen LogP contribution in [-0.2, 0) is 22.1 Å². The van der Waals surface area contributed by atoms with Crippen LogP contribution in [0.3, 0.4) is 0 Å². The highest BCUT2D eigenvalue weighted by Gasteiger charge is 2.30. The second-order valence-electron chi connectivity index (χ2n) is 8.62. The molecule has 38 heavy (non-hydrogen) atoms. The molecule has 8 heteroatoms. The first-order valence-electron chi connectivity index (χ1n) is 11.7. The second-order valence-corrected chi connectivity index (χ2v) is 8.62. The van der Waals surface area contributed by atoms with Gasteiger partial charge in [0, 0.05) is 6.42 Å². The summed E-state index contributed by atoms with van der Waals surface area (Å²) in [5.41, 5.74) is 2.75. The zero-order chi connectivity index (χ0) is 27.3. The molecule has 0 fully saturated rings. The minimum absolute atomic E-state index is 0.129. The average molecular weight is 520 g/mol. The van der Waals surface area contributed by atoms with Crippen molar-refractivity contribution in [3.8, 4) is 28.0 Å². The summed E-state index contributed by atoms with van der Waals surface area (Å²) in [6.45, 7) is 0. The van der Waals surface area contributed by atoms with Crippen molar-refractivity contribution in [1.82, 2.24) is 5.32 Å². The summed E-state index contributed by atoms with van der Waals surface area (Å²) < 4.78 is 43.5. The number of esters is 1. The van der Waals surface area contributed by atoms with Crippen LogP contribution in [0.5, 0.6) is 5.75 Å². The number of aromatic hydroxyl groups is 1. The van der Waals surface area contributed by atoms with Gasteiger partial charge in [-0.1, -0.05) is 72.8 Å². The first-order chi connectivity index (χ1) is 18.2. The highest BCUT2D eigenvalue weighted by atomic mass is 19.4. The van der Waals surface area contributed by atoms with Crippen LogP contribution in [0.2, 0.25) is 0 Å². The lowest BCUT2D eigenvalue weighted by Gasteiger charge is -2.18. The number of phenolic OH excluding ortho intramolecular Hbond substituents is 1. The van der Waals surface area contributed by atoms with E-state index < -0.39 is 29.7 Å². The third-order valence-corrected chi connectivity index (χ3v) is 6.08. The van der Waals surface area contributed by atoms with Gasteiger partial charge in [-0.05, 0) is 52.1 Å². The van der Waals surface area contributed by atoms with Gasteiger partial charge in [-0.2, -0.15) is 13.2 Å². The van der Waals surface area contributed by atoms with Crippen molar-refractivity contribution in [2.45, 2.75) is 18.6 Å². The molecule has 0 aliphatic heterocycles. The van der Waals surface area contributed by atoms with Gasteiger partial charge >= 0.3 is 12.1 Å². The molecule has 5 nitrogen and oxygen atoms in total. The predicted octanol–water partition coefficient (Wildman–Crippen LogP) is 6.26. The topological polar surface area (TPSA) is 75.6 Å². The molecule has 4 aromatic rings. The lowest BCUT2D eigenvalue weighted by atomic mass is 9.99. The van der Waals surface area contributed by atoms with E-state index in [1.165, 1.54) is 37.4 Å². The van der Waals surface area contributed by atoms with E-state index in [4.69, 9.17) is 4.74 Å². The number of ether oxygens (including phenoxy) is 1. The molecule has 0 aliphatic rings. The molecule has 0 aliphatic carbocycles. The summed E-state index contributed by atoms with van der Waals surface area (Å²) in [5.74, 6) is -1.73. The Morgan fingerprint density at radius 2 is 1.37 bits per heavy atom. The van der Waals surface area contributed by atoms with Gasteiger partial charge in [-0.3, -0.25) is 4.79 Å². The summed E-state index contributed by atoms with van der Waals surface area (Å²) in [4.78, 5) is 25.5. The molecule has 1 unspecified atom stereocenters. The Morgan fingerprint density at radius 3 is 1.97 bits per heavy atom. The third kappa shape index (κ3) is 6.21. The molecular weight excluding hydrogens is 495 g/mol. The Morgan fingerprint density at radius 1 is 0.816 bits per heavy atom. The fourth-order valence-electron chi connectivity index (χ4n) is 4.02. The van der Waals surface area contributed by atoms with Gasteiger partial charge < -0.3 is 15.2 Å². The number of hydrogen-bond acceptors (Lipinski definition) is 4. The molecule has 0 aromatic heterocycles. The minimum Gasteiger partial charge on any atom is -0.507 e. The lowest BCUT2D eigenvalue weighted by molar-refractivity contribution is -0.143. The van der Waals surface area contributed by atoms with E-state index in [0.29, 0.717) is 11.1 Å². The molecule has 0 saturated heterocycles. The molecule has 194 valence electrons. The smallest absolute Gasteiger partial charge is 0.416 e. The number of rotatable bonds is 7. The van der Waals surface area contributed by atoms with Crippen LogP contribution >= 0.6 is 0 Å². The van der Waals surface area contributed by atoms with Crippen LogP contribution < -0.4 is 5.32 Å². The van der Waals surface area contributed by atoms with Gasteiger partial charge in [0.25, 0.3) is 5.91 Å². The number of nitrogens with one attached hydrogen (secondary N) is 1. The van der Waals surface area contributed by atoms with Crippen molar-refractivity contribution >= 4 is 11.9 Å². The fraction of sp³-hybridized carbons (Fsp3) is 0.133. The van der Waals surface area contributed by atoms with E-state index in [9.17, 15) is 27.9 Å². The van der Waals surface area contributed by atoms with Crippen LogP contribution in [0, 0.1) is 0 Å². The lowest BCUT2D eigenvalue weighted by Crippen LogP contribution is -2.43. The zero-order valence-electron chi connectivity index (χ0n) is 20.3. The quantitative estimate of drug-likeness (QED) is 0.283. The normalized spacial score (nSPS) is 12.0. The number of carbonyl (C=O) groups excluding carboxylic acids is 2. The van der Waals surface area contributed by atoms with E-state index >= 15 is 0 Å². The summed E-state index contributed by atoms with van der Waals surface area (Å²) >= 11 is 0. The number of methoxy groups -OCH3 is 1. The number of benzene rings is 4. The molecule has 1 atom stereocenters. The monoisotopic (exact) mass is 519 g/mol. The summed E-state index contributed by atoms with van der Waals surface area (Å²) in [6.07, 6.45) is -4.32. The Bertz CT molecular complexity index is 1420. The van der Waals surface area contributed by atoms with E-state index in [0.717, 1.165) is 28.8 Å². The number of phenols is 1. The van der Waals surface area contributed by atoms with E-state index in [-0.39, 0.29) is 17.7 Å². The average Bonchev–Trinajstić information content (AvgIpc) is 2.93. The number of hydrogen-bond donors (Lipinski definition) is 2. The van der Waals surface area contributed by atoms with Crippen molar-refractivity contribution in [2.24, 2.45) is 0 Å². The Kier molecular flexibility index (Phi) is 7.81. The first kappa shape index (κ1) is 26.5. The molecule has 4 aromatic carbocycles. The largest absolute Gasteiger partial charge is 0.507 e. The van der Waals surface area contributed by atoms with Crippen LogP contribution in [0.25, 0.3) is 22.3 Å². The van der Waals surface area contributed by atoms with Crippen LogP contribution in [0.15, 0.2) is 97.1 Å². The van der Waals surface area contributed by atoms with Crippen molar-refractivity contribution in [1.29, 1.82) is 0 Å². The number of carbonyl (C=O) groups is 2. The summed E-state index contributed by atoms with van der Waals surface area (Å²) in [6, 6.07) is 24.9. The molecule has 4 rings (SSSR count). The summed E-state index contributed by atoms with van der Waals surface area (Å²) in [5, 5.41) is 12.9.